The van der Waals surface area contributed by atoms with Crippen molar-refractivity contribution in [1.82, 2.24) is 0 Å². The number of Topliss-reactive ketones (excluding diaryl/α,β-unsaturated/α-hetero) is 2. The fourth-order valence-corrected chi connectivity index (χ4v) is 1.26. The molecule has 13 heavy (non-hydrogen) atoms. The Bertz CT molecular complexity index is 369. The van der Waals surface area contributed by atoms with Crippen LogP contribution in [0.3, 0.4) is 0 Å². The van der Waals surface area contributed by atoms with Gasteiger partial charge in [0.1, 0.15) is 0 Å². The fourth-order valence-electron chi connectivity index (χ4n) is 1.26. The molecule has 0 aromatic heterocycles. The predicted molar refractivity (Wildman–Crippen MR) is 50.9 cm³/mol. The van der Waals surface area contributed by atoms with Gasteiger partial charge < -0.3 is 5.73 Å². The highest BCUT2D eigenvalue weighted by atomic mass is 16.1. The van der Waals surface area contributed by atoms with Gasteiger partial charge in [0.25, 0.3) is 0 Å². The van der Waals surface area contributed by atoms with E-state index in [4.69, 9.17) is 5.73 Å². The first-order valence-corrected chi connectivity index (χ1v) is 3.94. The lowest BCUT2D eigenvalue weighted by Gasteiger charge is -2.05. The van der Waals surface area contributed by atoms with Crippen molar-refractivity contribution in [3.63, 3.8) is 0 Å². The van der Waals surface area contributed by atoms with Gasteiger partial charge in [0.05, 0.1) is 5.56 Å². The molecule has 0 heterocycles. The molecule has 0 aliphatic rings. The Labute approximate surface area is 76.6 Å². The van der Waals surface area contributed by atoms with Crippen LogP contribution >= 0.6 is 0 Å². The largest absolute Gasteiger partial charge is 0.398 e. The molecule has 0 bridgehead atoms. The molecule has 3 nitrogen and oxygen atoms in total. The van der Waals surface area contributed by atoms with E-state index in [0.29, 0.717) is 16.8 Å². The Morgan fingerprint density at radius 2 is 1.77 bits per heavy atom. The van der Waals surface area contributed by atoms with Crippen molar-refractivity contribution in [3.8, 4) is 0 Å². The Balaban J connectivity index is 3.43. The number of carbonyl (C=O) groups is 2. The SMILES string of the molecule is CC(=O)c1cccc(N)c1C(C)=O. The number of anilines is 1. The summed E-state index contributed by atoms with van der Waals surface area (Å²) in [6.45, 7) is 2.82. The third kappa shape index (κ3) is 1.75. The molecule has 1 rings (SSSR count). The molecule has 2 N–H and O–H groups in total. The molecule has 0 radical (unpaired) electrons. The minimum atomic E-state index is -0.177. The molecule has 0 unspecified atom stereocenters. The summed E-state index contributed by atoms with van der Waals surface area (Å²) in [4.78, 5) is 22.3. The molecule has 1 aromatic carbocycles. The van der Waals surface area contributed by atoms with E-state index in [2.05, 4.69) is 0 Å². The topological polar surface area (TPSA) is 60.2 Å². The lowest BCUT2D eigenvalue weighted by atomic mass is 10.00. The number of nitrogens with two attached hydrogens (primary N) is 1. The quantitative estimate of drug-likeness (QED) is 0.552. The number of carbonyl (C=O) groups excluding carboxylic acids is 2. The second-order valence-electron chi connectivity index (χ2n) is 2.88. The van der Waals surface area contributed by atoms with Crippen molar-refractivity contribution in [2.24, 2.45) is 0 Å². The first-order valence-electron chi connectivity index (χ1n) is 3.94. The average molecular weight is 177 g/mol. The third-order valence-corrected chi connectivity index (χ3v) is 1.83. The monoisotopic (exact) mass is 177 g/mol. The van der Waals surface area contributed by atoms with Crippen molar-refractivity contribution in [1.29, 1.82) is 0 Å². The number of rotatable bonds is 2. The lowest BCUT2D eigenvalue weighted by molar-refractivity contribution is 0.0981. The zero-order valence-corrected chi connectivity index (χ0v) is 7.63. The molecular formula is C10H11NO2. The maximum absolute atomic E-state index is 11.2. The van der Waals surface area contributed by atoms with Crippen LogP contribution in [0.2, 0.25) is 0 Å². The highest BCUT2D eigenvalue weighted by Crippen LogP contribution is 2.17. The Morgan fingerprint density at radius 3 is 2.15 bits per heavy atom. The van der Waals surface area contributed by atoms with Gasteiger partial charge in [0.15, 0.2) is 11.6 Å². The van der Waals surface area contributed by atoms with E-state index in [1.54, 1.807) is 18.2 Å². The summed E-state index contributed by atoms with van der Waals surface area (Å²) in [6, 6.07) is 4.89. The molecule has 0 fully saturated rings. The van der Waals surface area contributed by atoms with Crippen LogP contribution in [-0.4, -0.2) is 11.6 Å². The van der Waals surface area contributed by atoms with Crippen LogP contribution in [0.4, 0.5) is 5.69 Å². The summed E-state index contributed by atoms with van der Waals surface area (Å²) < 4.78 is 0. The summed E-state index contributed by atoms with van der Waals surface area (Å²) in [5.74, 6) is -0.319. The van der Waals surface area contributed by atoms with Crippen LogP contribution in [0.15, 0.2) is 18.2 Å². The van der Waals surface area contributed by atoms with E-state index >= 15 is 0 Å². The number of benzene rings is 1. The van der Waals surface area contributed by atoms with Crippen LogP contribution in [0, 0.1) is 0 Å². The standard InChI is InChI=1S/C10H11NO2/c1-6(12)8-4-3-5-9(11)10(8)7(2)13/h3-5H,11H2,1-2H3. The highest BCUT2D eigenvalue weighted by Gasteiger charge is 2.13. The maximum atomic E-state index is 11.2. The molecule has 3 heteroatoms. The van der Waals surface area contributed by atoms with Crippen LogP contribution in [0.1, 0.15) is 34.6 Å². The van der Waals surface area contributed by atoms with Gasteiger partial charge in [-0.2, -0.15) is 0 Å². The van der Waals surface area contributed by atoms with E-state index in [9.17, 15) is 9.59 Å². The van der Waals surface area contributed by atoms with Crippen molar-refractivity contribution >= 4 is 17.3 Å². The van der Waals surface area contributed by atoms with Crippen LogP contribution in [-0.2, 0) is 0 Å². The number of ketones is 2. The molecule has 0 spiro atoms. The Hall–Kier alpha value is -1.64. The van der Waals surface area contributed by atoms with Gasteiger partial charge in [0, 0.05) is 11.3 Å². The fraction of sp³-hybridized carbons (Fsp3) is 0.200. The molecule has 0 saturated heterocycles. The number of hydrogen-bond donors (Lipinski definition) is 1. The van der Waals surface area contributed by atoms with Crippen molar-refractivity contribution in [3.05, 3.63) is 29.3 Å². The van der Waals surface area contributed by atoms with E-state index < -0.39 is 0 Å². The molecule has 1 aromatic rings. The maximum Gasteiger partial charge on any atom is 0.162 e. The second kappa shape index (κ2) is 3.39. The van der Waals surface area contributed by atoms with Gasteiger partial charge in [0.2, 0.25) is 0 Å². The zero-order chi connectivity index (χ0) is 10.0. The average Bonchev–Trinajstić information content (AvgIpc) is 2.02. The molecule has 68 valence electrons. The first-order chi connectivity index (χ1) is 6.04. The summed E-state index contributed by atoms with van der Waals surface area (Å²) in [6.07, 6.45) is 0. The minimum absolute atomic E-state index is 0.141. The van der Waals surface area contributed by atoms with Crippen molar-refractivity contribution < 1.29 is 9.59 Å². The summed E-state index contributed by atoms with van der Waals surface area (Å²) >= 11 is 0. The van der Waals surface area contributed by atoms with E-state index in [-0.39, 0.29) is 11.6 Å². The van der Waals surface area contributed by atoms with Gasteiger partial charge in [-0.1, -0.05) is 12.1 Å². The van der Waals surface area contributed by atoms with Gasteiger partial charge in [-0.05, 0) is 19.9 Å². The minimum Gasteiger partial charge on any atom is -0.398 e. The van der Waals surface area contributed by atoms with Crippen LogP contribution in [0.5, 0.6) is 0 Å². The Kier molecular flexibility index (Phi) is 2.46. The highest BCUT2D eigenvalue weighted by molar-refractivity contribution is 6.10. The lowest BCUT2D eigenvalue weighted by Crippen LogP contribution is -2.07. The smallest absolute Gasteiger partial charge is 0.162 e. The first kappa shape index (κ1) is 9.45. The van der Waals surface area contributed by atoms with Crippen molar-refractivity contribution in [2.75, 3.05) is 5.73 Å². The zero-order valence-electron chi connectivity index (χ0n) is 7.63. The molecule has 0 saturated carbocycles. The third-order valence-electron chi connectivity index (χ3n) is 1.83. The molecule has 0 amide bonds. The second-order valence-corrected chi connectivity index (χ2v) is 2.88. The normalized spacial score (nSPS) is 9.69. The predicted octanol–water partition coefficient (Wildman–Crippen LogP) is 1.67. The summed E-state index contributed by atoms with van der Waals surface area (Å²) in [5.41, 5.74) is 6.67. The van der Waals surface area contributed by atoms with Gasteiger partial charge >= 0.3 is 0 Å². The van der Waals surface area contributed by atoms with Gasteiger partial charge in [-0.3, -0.25) is 9.59 Å². The van der Waals surface area contributed by atoms with E-state index in [0.717, 1.165) is 0 Å². The van der Waals surface area contributed by atoms with Gasteiger partial charge in [-0.15, -0.1) is 0 Å². The molecule has 0 aliphatic heterocycles. The van der Waals surface area contributed by atoms with Gasteiger partial charge in [-0.25, -0.2) is 0 Å². The van der Waals surface area contributed by atoms with Crippen LogP contribution in [0.25, 0.3) is 0 Å². The summed E-state index contributed by atoms with van der Waals surface area (Å²) in [5, 5.41) is 0. The molecule has 0 aliphatic carbocycles. The van der Waals surface area contributed by atoms with E-state index in [1.165, 1.54) is 13.8 Å². The van der Waals surface area contributed by atoms with Crippen molar-refractivity contribution in [2.45, 2.75) is 13.8 Å². The summed E-state index contributed by atoms with van der Waals surface area (Å²) in [7, 11) is 0. The number of hydrogen-bond acceptors (Lipinski definition) is 3. The Morgan fingerprint density at radius 1 is 1.15 bits per heavy atom. The number of nitrogen functional groups attached to an aromatic ring is 1. The molecular weight excluding hydrogens is 166 g/mol. The van der Waals surface area contributed by atoms with E-state index in [1.807, 2.05) is 0 Å². The van der Waals surface area contributed by atoms with Crippen LogP contribution < -0.4 is 5.73 Å². The molecule has 0 atom stereocenters.